The van der Waals surface area contributed by atoms with E-state index >= 15 is 0 Å². The van der Waals surface area contributed by atoms with Crippen LogP contribution in [0.1, 0.15) is 50.1 Å². The Morgan fingerprint density at radius 2 is 0.585 bits per heavy atom. The molecule has 22 aromatic rings. The number of aromatic nitrogens is 5. The van der Waals surface area contributed by atoms with E-state index in [2.05, 4.69) is 387 Å². The molecule has 6 heterocycles. The second-order valence-electron chi connectivity index (χ2n) is 32.4. The van der Waals surface area contributed by atoms with Crippen molar-refractivity contribution in [3.63, 3.8) is 0 Å². The molecule has 0 saturated heterocycles. The summed E-state index contributed by atoms with van der Waals surface area (Å²) in [5, 5.41) is 18.7. The molecule has 0 unspecified atom stereocenters. The zero-order valence-electron chi connectivity index (χ0n) is 66.3. The normalized spacial score (nSPS) is 13.1. The van der Waals surface area contributed by atoms with E-state index in [-0.39, 0.29) is 0 Å². The Balaban J connectivity index is 0.000000135. The molecule has 0 bridgehead atoms. The summed E-state index contributed by atoms with van der Waals surface area (Å²) in [4.78, 5) is 21.6. The SMILES string of the molecule is N#Cc1ccc2c(c1)c1ccccc1n2-c1ccc(-c2ccc3c(c2)nc(-c2ccccc2)c2cc4c(cc23)C2(c3ccccc3Oc3ccccc32)c2ccccc2-4)cc1.c1ccc(-c2nc3ccc(-c4ccc5c(c4)nc(-c4ccccc4)c4cc6c(cc45)C4(c5ccccc5Oc5ccccc54)c4ccccc4-6)cc3nc2-c2ccccc2)cc1. The van der Waals surface area contributed by atoms with Gasteiger partial charge in [0.15, 0.2) is 0 Å². The Hall–Kier alpha value is -16.5. The fourth-order valence-corrected chi connectivity index (χ4v) is 20.6. The van der Waals surface area contributed by atoms with Crippen molar-refractivity contribution in [2.45, 2.75) is 10.8 Å². The van der Waals surface area contributed by atoms with E-state index in [1.165, 1.54) is 49.9 Å². The molecule has 18 aromatic carbocycles. The molecule has 4 aromatic heterocycles. The molecule has 8 nitrogen and oxygen atoms in total. The van der Waals surface area contributed by atoms with Crippen molar-refractivity contribution in [1.29, 1.82) is 5.26 Å². The maximum Gasteiger partial charge on any atom is 0.132 e. The van der Waals surface area contributed by atoms with Crippen LogP contribution in [0.2, 0.25) is 0 Å². The summed E-state index contributed by atoms with van der Waals surface area (Å²) in [6, 6.07) is 149. The lowest BCUT2D eigenvalue weighted by molar-refractivity contribution is 0.436. The number of ether oxygens (including phenoxy) is 2. The Kier molecular flexibility index (Phi) is 15.5. The fourth-order valence-electron chi connectivity index (χ4n) is 20.6. The van der Waals surface area contributed by atoms with Gasteiger partial charge in [0.05, 0.1) is 78.3 Å². The van der Waals surface area contributed by atoms with Crippen LogP contribution >= 0.6 is 0 Å². The van der Waals surface area contributed by atoms with E-state index in [9.17, 15) is 5.26 Å². The van der Waals surface area contributed by atoms with Gasteiger partial charge in [-0.05, 0) is 187 Å². The molecule has 0 N–H and O–H groups in total. The lowest BCUT2D eigenvalue weighted by atomic mass is 9.66. The third-order valence-electron chi connectivity index (χ3n) is 26.0. The number of nitriles is 1. The van der Waals surface area contributed by atoms with Crippen molar-refractivity contribution in [3.8, 4) is 124 Å². The van der Waals surface area contributed by atoms with Gasteiger partial charge < -0.3 is 14.0 Å². The highest BCUT2D eigenvalue weighted by atomic mass is 16.5. The van der Waals surface area contributed by atoms with Gasteiger partial charge in [-0.2, -0.15) is 5.26 Å². The van der Waals surface area contributed by atoms with Gasteiger partial charge in [-0.3, -0.25) is 0 Å². The van der Waals surface area contributed by atoms with Crippen LogP contribution < -0.4 is 9.47 Å². The van der Waals surface area contributed by atoms with E-state index < -0.39 is 10.8 Å². The molecule has 0 fully saturated rings. The lowest BCUT2D eigenvalue weighted by Gasteiger charge is -2.39. The molecular weight excluding hydrogens is 1500 g/mol. The first-order chi connectivity index (χ1) is 60.9. The van der Waals surface area contributed by atoms with E-state index in [1.54, 1.807) is 0 Å². The van der Waals surface area contributed by atoms with Crippen LogP contribution in [0.3, 0.4) is 0 Å². The first kappa shape index (κ1) is 69.6. The third-order valence-corrected chi connectivity index (χ3v) is 26.0. The van der Waals surface area contributed by atoms with E-state index in [4.69, 9.17) is 29.4 Å². The van der Waals surface area contributed by atoms with Gasteiger partial charge in [0.2, 0.25) is 0 Å². The van der Waals surface area contributed by atoms with Crippen LogP contribution in [0.5, 0.6) is 23.0 Å². The average Bonchev–Trinajstić information content (AvgIpc) is 1.52. The molecule has 2 aliphatic carbocycles. The van der Waals surface area contributed by atoms with Crippen LogP contribution in [0, 0.1) is 11.3 Å². The highest BCUT2D eigenvalue weighted by Gasteiger charge is 2.53. The van der Waals surface area contributed by atoms with Gasteiger partial charge >= 0.3 is 0 Å². The quantitative estimate of drug-likeness (QED) is 0.147. The second kappa shape index (κ2) is 27.3. The third kappa shape index (κ3) is 10.5. The molecule has 0 saturated carbocycles. The number of rotatable bonds is 7. The van der Waals surface area contributed by atoms with Gasteiger partial charge in [-0.15, -0.1) is 0 Å². The zero-order valence-corrected chi connectivity index (χ0v) is 66.3. The van der Waals surface area contributed by atoms with E-state index in [0.29, 0.717) is 5.56 Å². The highest BCUT2D eigenvalue weighted by molar-refractivity contribution is 6.17. The van der Waals surface area contributed by atoms with Crippen molar-refractivity contribution in [2.24, 2.45) is 0 Å². The number of hydrogen-bond acceptors (Lipinski definition) is 7. The van der Waals surface area contributed by atoms with Crippen molar-refractivity contribution in [3.05, 3.63) is 463 Å². The molecule has 26 rings (SSSR count). The topological polar surface area (TPSA) is 98.7 Å². The van der Waals surface area contributed by atoms with E-state index in [0.717, 1.165) is 189 Å². The summed E-state index contributed by atoms with van der Waals surface area (Å²) in [7, 11) is 0. The maximum atomic E-state index is 9.65. The summed E-state index contributed by atoms with van der Waals surface area (Å²) in [6.45, 7) is 0. The van der Waals surface area contributed by atoms with Crippen molar-refractivity contribution >= 4 is 76.2 Å². The molecule has 123 heavy (non-hydrogen) atoms. The molecule has 8 heteroatoms. The standard InChI is InChI=1S/C58H35N3O.C57H33N3O/c1-4-16-36(17-5-1)55-45-34-44-41-22-10-11-23-46(41)58(47-24-12-14-26-53(47)62-54-27-15-13-25-48(54)58)49(44)35-43(45)42-30-28-39(32-51(42)60-55)40-29-31-50-52(33-40)61-57(38-20-8-3-9-21-38)56(59-50)37-18-6-2-7-19-37;58-34-35-22-29-53-45(30-35)42-15-5-9-19-52(42)60(53)39-26-23-36(24-27-39)38-25-28-41-43-33-50-44(32-46(43)56(59-51(41)31-38)37-12-2-1-3-13-37)40-14-4-6-16-47(40)57(50)48-17-7-10-20-54(48)61-55-21-11-8-18-49(55)57/h1-35H;1-33H. The van der Waals surface area contributed by atoms with Crippen molar-refractivity contribution < 1.29 is 9.47 Å². The Morgan fingerprint density at radius 1 is 0.220 bits per heavy atom. The summed E-state index contributed by atoms with van der Waals surface area (Å²) in [5.41, 5.74) is 33.1. The maximum absolute atomic E-state index is 9.65. The predicted molar refractivity (Wildman–Crippen MR) is 498 cm³/mol. The second-order valence-corrected chi connectivity index (χ2v) is 32.4. The molecule has 570 valence electrons. The number of benzene rings is 18. The molecule has 2 aliphatic heterocycles. The first-order valence-electron chi connectivity index (χ1n) is 41.8. The average molecular weight is 1570 g/mol. The van der Waals surface area contributed by atoms with Gasteiger partial charge in [0.1, 0.15) is 23.0 Å². The van der Waals surface area contributed by atoms with Crippen molar-refractivity contribution in [1.82, 2.24) is 24.5 Å². The van der Waals surface area contributed by atoms with Gasteiger partial charge in [0, 0.05) is 82.5 Å². The Bertz CT molecular complexity index is 8170. The van der Waals surface area contributed by atoms with Gasteiger partial charge in [-0.1, -0.05) is 303 Å². The number of nitrogens with zero attached hydrogens (tertiary/aromatic N) is 6. The van der Waals surface area contributed by atoms with Crippen LogP contribution in [-0.4, -0.2) is 24.5 Å². The number of hydrogen-bond donors (Lipinski definition) is 0. The number of para-hydroxylation sites is 5. The molecular formula is C115H68N6O2. The predicted octanol–water partition coefficient (Wildman–Crippen LogP) is 28.6. The lowest BCUT2D eigenvalue weighted by Crippen LogP contribution is -2.32. The minimum atomic E-state index is -0.570. The summed E-state index contributed by atoms with van der Waals surface area (Å²) in [6.07, 6.45) is 0. The van der Waals surface area contributed by atoms with Crippen LogP contribution in [0.4, 0.5) is 0 Å². The summed E-state index contributed by atoms with van der Waals surface area (Å²) < 4.78 is 15.6. The molecule has 2 spiro atoms. The first-order valence-corrected chi connectivity index (χ1v) is 41.8. The summed E-state index contributed by atoms with van der Waals surface area (Å²) >= 11 is 0. The smallest absolute Gasteiger partial charge is 0.132 e. The molecule has 4 aliphatic rings. The Morgan fingerprint density at radius 3 is 1.06 bits per heavy atom. The number of fused-ring (bicyclic) bond motifs is 28. The molecule has 0 atom stereocenters. The van der Waals surface area contributed by atoms with Gasteiger partial charge in [-0.25, -0.2) is 19.9 Å². The summed E-state index contributed by atoms with van der Waals surface area (Å²) in [5.74, 6) is 3.54. The highest BCUT2D eigenvalue weighted by Crippen LogP contribution is 2.65. The van der Waals surface area contributed by atoms with Crippen LogP contribution in [0.25, 0.3) is 171 Å². The van der Waals surface area contributed by atoms with Crippen LogP contribution in [-0.2, 0) is 10.8 Å². The minimum absolute atomic E-state index is 0.565. The monoisotopic (exact) mass is 1560 g/mol. The minimum Gasteiger partial charge on any atom is -0.457 e. The van der Waals surface area contributed by atoms with E-state index in [1.807, 2.05) is 36.4 Å². The molecule has 0 amide bonds. The van der Waals surface area contributed by atoms with Gasteiger partial charge in [0.25, 0.3) is 0 Å². The molecule has 0 radical (unpaired) electrons. The zero-order chi connectivity index (χ0) is 81.0. The largest absolute Gasteiger partial charge is 0.457 e. The number of pyridine rings is 2. The fraction of sp³-hybridized carbons (Fsp3) is 0.0174. The van der Waals surface area contributed by atoms with Crippen molar-refractivity contribution in [2.75, 3.05) is 0 Å². The van der Waals surface area contributed by atoms with Crippen LogP contribution in [0.15, 0.2) is 413 Å². The Labute approximate surface area is 708 Å².